The summed E-state index contributed by atoms with van der Waals surface area (Å²) in [5.74, 6) is 0.904. The van der Waals surface area contributed by atoms with E-state index in [0.717, 1.165) is 25.6 Å². The van der Waals surface area contributed by atoms with Crippen LogP contribution in [0.5, 0.6) is 0 Å². The molecule has 4 nitrogen and oxygen atoms in total. The number of nitrogens with zero attached hydrogens (tertiary/aromatic N) is 1. The van der Waals surface area contributed by atoms with Gasteiger partial charge in [0.05, 0.1) is 6.54 Å². The van der Waals surface area contributed by atoms with Crippen molar-refractivity contribution in [1.29, 1.82) is 0 Å². The highest BCUT2D eigenvalue weighted by Crippen LogP contribution is 2.27. The lowest BCUT2D eigenvalue weighted by Crippen LogP contribution is -2.49. The highest BCUT2D eigenvalue weighted by molar-refractivity contribution is 5.78. The lowest BCUT2D eigenvalue weighted by atomic mass is 9.90. The van der Waals surface area contributed by atoms with Gasteiger partial charge in [-0.1, -0.05) is 0 Å². The molecule has 2 rings (SSSR count). The maximum atomic E-state index is 12.1. The number of hydrogen-bond acceptors (Lipinski definition) is 3. The maximum absolute atomic E-state index is 12.1. The van der Waals surface area contributed by atoms with Gasteiger partial charge >= 0.3 is 0 Å². The van der Waals surface area contributed by atoms with Gasteiger partial charge in [-0.2, -0.15) is 0 Å². The molecule has 0 aromatic carbocycles. The molecule has 0 aromatic heterocycles. The van der Waals surface area contributed by atoms with Gasteiger partial charge in [-0.25, -0.2) is 0 Å². The number of amides is 1. The van der Waals surface area contributed by atoms with E-state index in [1.54, 1.807) is 0 Å². The smallest absolute Gasteiger partial charge is 0.234 e. The van der Waals surface area contributed by atoms with E-state index in [1.165, 1.54) is 25.7 Å². The molecule has 0 aliphatic carbocycles. The Labute approximate surface area is 117 Å². The molecule has 1 amide bonds. The van der Waals surface area contributed by atoms with E-state index in [1.807, 2.05) is 20.8 Å². The first-order valence-corrected chi connectivity index (χ1v) is 7.71. The van der Waals surface area contributed by atoms with Crippen molar-refractivity contribution < 1.29 is 4.79 Å². The second-order valence-electron chi connectivity index (χ2n) is 7.08. The first-order chi connectivity index (χ1) is 8.96. The largest absolute Gasteiger partial charge is 0.350 e. The first kappa shape index (κ1) is 14.8. The van der Waals surface area contributed by atoms with Crippen LogP contribution in [0.25, 0.3) is 0 Å². The zero-order chi connectivity index (χ0) is 13.9. The average Bonchev–Trinajstić information content (AvgIpc) is 2.75. The van der Waals surface area contributed by atoms with Crippen LogP contribution in [0.4, 0.5) is 0 Å². The Bertz CT molecular complexity index is 305. The molecule has 2 aliphatic rings. The Kier molecular flexibility index (Phi) is 4.85. The Morgan fingerprint density at radius 2 is 2.11 bits per heavy atom. The van der Waals surface area contributed by atoms with Crippen LogP contribution >= 0.6 is 0 Å². The normalized spacial score (nSPS) is 29.4. The van der Waals surface area contributed by atoms with Crippen molar-refractivity contribution in [3.63, 3.8) is 0 Å². The molecule has 19 heavy (non-hydrogen) atoms. The molecule has 2 atom stereocenters. The summed E-state index contributed by atoms with van der Waals surface area (Å²) in [4.78, 5) is 14.5. The highest BCUT2D eigenvalue weighted by Gasteiger charge is 2.33. The summed E-state index contributed by atoms with van der Waals surface area (Å²) in [7, 11) is 0. The van der Waals surface area contributed by atoms with Crippen LogP contribution in [0.3, 0.4) is 0 Å². The van der Waals surface area contributed by atoms with Crippen molar-refractivity contribution in [2.45, 2.75) is 58.0 Å². The lowest BCUT2D eigenvalue weighted by Gasteiger charge is -2.34. The van der Waals surface area contributed by atoms with Crippen molar-refractivity contribution in [2.24, 2.45) is 5.92 Å². The Hall–Kier alpha value is -0.610. The predicted molar refractivity (Wildman–Crippen MR) is 78.1 cm³/mol. The number of rotatable bonds is 3. The van der Waals surface area contributed by atoms with Gasteiger partial charge in [0.25, 0.3) is 0 Å². The molecule has 0 aromatic rings. The molecule has 2 saturated heterocycles. The second-order valence-corrected chi connectivity index (χ2v) is 7.08. The Morgan fingerprint density at radius 3 is 2.74 bits per heavy atom. The standard InChI is InChI=1S/C15H29N3O/c1-15(2,3)17-14(19)11-18-9-5-7-13(18)12-6-4-8-16-10-12/h12-13,16H,4-11H2,1-3H3,(H,17,19). The molecule has 0 spiro atoms. The molecular weight excluding hydrogens is 238 g/mol. The van der Waals surface area contributed by atoms with E-state index in [0.29, 0.717) is 12.6 Å². The Balaban J connectivity index is 1.86. The van der Waals surface area contributed by atoms with Gasteiger partial charge in [-0.15, -0.1) is 0 Å². The molecule has 2 aliphatic heterocycles. The van der Waals surface area contributed by atoms with E-state index >= 15 is 0 Å². The zero-order valence-corrected chi connectivity index (χ0v) is 12.7. The molecule has 0 radical (unpaired) electrons. The van der Waals surface area contributed by atoms with E-state index < -0.39 is 0 Å². The predicted octanol–water partition coefficient (Wildman–Crippen LogP) is 1.37. The minimum Gasteiger partial charge on any atom is -0.350 e. The molecule has 2 unspecified atom stereocenters. The number of hydrogen-bond donors (Lipinski definition) is 2. The average molecular weight is 267 g/mol. The fourth-order valence-electron chi connectivity index (χ4n) is 3.43. The summed E-state index contributed by atoms with van der Waals surface area (Å²) in [6, 6.07) is 0.610. The Morgan fingerprint density at radius 1 is 1.32 bits per heavy atom. The minimum absolute atomic E-state index is 0.126. The maximum Gasteiger partial charge on any atom is 0.234 e. The van der Waals surface area contributed by atoms with Crippen molar-refractivity contribution in [1.82, 2.24) is 15.5 Å². The molecule has 110 valence electrons. The molecular formula is C15H29N3O. The third-order valence-electron chi connectivity index (χ3n) is 4.15. The monoisotopic (exact) mass is 267 g/mol. The topological polar surface area (TPSA) is 44.4 Å². The van der Waals surface area contributed by atoms with Gasteiger partial charge in [0.1, 0.15) is 0 Å². The van der Waals surface area contributed by atoms with Crippen LogP contribution in [-0.2, 0) is 4.79 Å². The van der Waals surface area contributed by atoms with Gasteiger partial charge in [0.15, 0.2) is 0 Å². The first-order valence-electron chi connectivity index (χ1n) is 7.71. The highest BCUT2D eigenvalue weighted by atomic mass is 16.2. The fourth-order valence-corrected chi connectivity index (χ4v) is 3.43. The van der Waals surface area contributed by atoms with E-state index in [9.17, 15) is 4.79 Å². The quantitative estimate of drug-likeness (QED) is 0.811. The number of piperidine rings is 1. The number of likely N-dealkylation sites (tertiary alicyclic amines) is 1. The van der Waals surface area contributed by atoms with Crippen LogP contribution in [0, 0.1) is 5.92 Å². The molecule has 4 heteroatoms. The molecule has 2 N–H and O–H groups in total. The number of nitrogens with one attached hydrogen (secondary N) is 2. The number of carbonyl (C=O) groups is 1. The van der Waals surface area contributed by atoms with Crippen LogP contribution in [0.1, 0.15) is 46.5 Å². The molecule has 0 saturated carbocycles. The fraction of sp³-hybridized carbons (Fsp3) is 0.933. The number of carbonyl (C=O) groups excluding carboxylic acids is 1. The molecule has 2 heterocycles. The minimum atomic E-state index is -0.126. The van der Waals surface area contributed by atoms with Gasteiger partial charge < -0.3 is 10.6 Å². The van der Waals surface area contributed by atoms with Crippen molar-refractivity contribution in [2.75, 3.05) is 26.2 Å². The summed E-state index contributed by atoms with van der Waals surface area (Å²) < 4.78 is 0. The summed E-state index contributed by atoms with van der Waals surface area (Å²) in [6.45, 7) is 10.1. The summed E-state index contributed by atoms with van der Waals surface area (Å²) in [6.07, 6.45) is 5.09. The lowest BCUT2D eigenvalue weighted by molar-refractivity contribution is -0.124. The van der Waals surface area contributed by atoms with E-state index in [2.05, 4.69) is 15.5 Å². The van der Waals surface area contributed by atoms with Crippen molar-refractivity contribution in [3.8, 4) is 0 Å². The van der Waals surface area contributed by atoms with Crippen LogP contribution in [0.2, 0.25) is 0 Å². The second kappa shape index (κ2) is 6.23. The summed E-state index contributed by atoms with van der Waals surface area (Å²) in [5, 5.41) is 6.57. The third-order valence-corrected chi connectivity index (χ3v) is 4.15. The molecule has 2 fully saturated rings. The van der Waals surface area contributed by atoms with Crippen LogP contribution in [-0.4, -0.2) is 48.6 Å². The van der Waals surface area contributed by atoms with E-state index in [-0.39, 0.29) is 11.4 Å². The van der Waals surface area contributed by atoms with Gasteiger partial charge in [0, 0.05) is 11.6 Å². The van der Waals surface area contributed by atoms with Crippen molar-refractivity contribution >= 4 is 5.91 Å². The van der Waals surface area contributed by atoms with Gasteiger partial charge in [0.2, 0.25) is 5.91 Å². The molecule has 0 bridgehead atoms. The van der Waals surface area contributed by atoms with Crippen LogP contribution < -0.4 is 10.6 Å². The summed E-state index contributed by atoms with van der Waals surface area (Å²) in [5.41, 5.74) is -0.126. The van der Waals surface area contributed by atoms with E-state index in [4.69, 9.17) is 0 Å². The van der Waals surface area contributed by atoms with Crippen LogP contribution in [0.15, 0.2) is 0 Å². The van der Waals surface area contributed by atoms with Gasteiger partial charge in [-0.3, -0.25) is 9.69 Å². The summed E-state index contributed by atoms with van der Waals surface area (Å²) >= 11 is 0. The van der Waals surface area contributed by atoms with Crippen molar-refractivity contribution in [3.05, 3.63) is 0 Å². The zero-order valence-electron chi connectivity index (χ0n) is 12.7. The SMILES string of the molecule is CC(C)(C)NC(=O)CN1CCCC1C1CCCNC1. The van der Waals surface area contributed by atoms with Gasteiger partial charge in [-0.05, 0) is 72.0 Å². The third kappa shape index (κ3) is 4.46.